The minimum absolute atomic E-state index is 0.0382. The fraction of sp³-hybridized carbons (Fsp3) is 0.667. The Kier molecular flexibility index (Phi) is 8.55. The summed E-state index contributed by atoms with van der Waals surface area (Å²) < 4.78 is 5.22. The standard InChI is InChI=1S/C24H37N3O3/c1-19-16-21(30-2)10-11-22(19)25-23(28)12-9-20-8-7-15-27(17-20)24(29)18-26-13-5-3-4-6-14-26/h10-11,16,20H,3-9,12-15,17-18H2,1-2H3,(H,25,28)/t20-/m0/s1. The van der Waals surface area contributed by atoms with Crippen LogP contribution in [0.2, 0.25) is 0 Å². The summed E-state index contributed by atoms with van der Waals surface area (Å²) in [6, 6.07) is 5.66. The highest BCUT2D eigenvalue weighted by atomic mass is 16.5. The number of carbonyl (C=O) groups is 2. The van der Waals surface area contributed by atoms with Gasteiger partial charge in [0.15, 0.2) is 0 Å². The molecule has 0 saturated carbocycles. The van der Waals surface area contributed by atoms with Crippen molar-refractivity contribution in [2.75, 3.05) is 45.2 Å². The van der Waals surface area contributed by atoms with Gasteiger partial charge in [-0.05, 0) is 81.8 Å². The number of carbonyl (C=O) groups excluding carboxylic acids is 2. The molecule has 30 heavy (non-hydrogen) atoms. The summed E-state index contributed by atoms with van der Waals surface area (Å²) in [6.45, 7) is 6.28. The molecule has 166 valence electrons. The summed E-state index contributed by atoms with van der Waals surface area (Å²) in [5, 5.41) is 3.01. The van der Waals surface area contributed by atoms with Crippen LogP contribution in [0.3, 0.4) is 0 Å². The van der Waals surface area contributed by atoms with E-state index >= 15 is 0 Å². The third kappa shape index (κ3) is 6.73. The van der Waals surface area contributed by atoms with E-state index in [2.05, 4.69) is 10.2 Å². The second kappa shape index (κ2) is 11.3. The summed E-state index contributed by atoms with van der Waals surface area (Å²) in [6.07, 6.45) is 8.44. The molecule has 0 bridgehead atoms. The van der Waals surface area contributed by atoms with Crippen LogP contribution in [-0.4, -0.2) is 61.4 Å². The van der Waals surface area contributed by atoms with Gasteiger partial charge in [-0.15, -0.1) is 0 Å². The normalized spacial score (nSPS) is 20.5. The highest BCUT2D eigenvalue weighted by Gasteiger charge is 2.25. The van der Waals surface area contributed by atoms with Crippen molar-refractivity contribution in [3.63, 3.8) is 0 Å². The lowest BCUT2D eigenvalue weighted by Crippen LogP contribution is -2.45. The third-order valence-electron chi connectivity index (χ3n) is 6.42. The molecule has 1 atom stereocenters. The molecule has 6 nitrogen and oxygen atoms in total. The fourth-order valence-electron chi connectivity index (χ4n) is 4.56. The third-order valence-corrected chi connectivity index (χ3v) is 6.42. The summed E-state index contributed by atoms with van der Waals surface area (Å²) in [4.78, 5) is 29.6. The molecule has 0 radical (unpaired) electrons. The topological polar surface area (TPSA) is 61.9 Å². The van der Waals surface area contributed by atoms with Gasteiger partial charge in [-0.25, -0.2) is 0 Å². The van der Waals surface area contributed by atoms with Crippen molar-refractivity contribution >= 4 is 17.5 Å². The predicted molar refractivity (Wildman–Crippen MR) is 120 cm³/mol. The van der Waals surface area contributed by atoms with Crippen molar-refractivity contribution < 1.29 is 14.3 Å². The van der Waals surface area contributed by atoms with Gasteiger partial charge in [0.25, 0.3) is 0 Å². The Hall–Kier alpha value is -2.08. The average molecular weight is 416 g/mol. The van der Waals surface area contributed by atoms with E-state index in [-0.39, 0.29) is 11.8 Å². The lowest BCUT2D eigenvalue weighted by atomic mass is 9.93. The van der Waals surface area contributed by atoms with Crippen LogP contribution in [0, 0.1) is 12.8 Å². The molecule has 3 rings (SSSR count). The molecule has 6 heteroatoms. The van der Waals surface area contributed by atoms with Gasteiger partial charge in [-0.1, -0.05) is 12.8 Å². The highest BCUT2D eigenvalue weighted by Crippen LogP contribution is 2.24. The second-order valence-electron chi connectivity index (χ2n) is 8.81. The summed E-state index contributed by atoms with van der Waals surface area (Å²) in [7, 11) is 1.64. The first-order valence-corrected chi connectivity index (χ1v) is 11.5. The summed E-state index contributed by atoms with van der Waals surface area (Å²) in [5.41, 5.74) is 1.82. The lowest BCUT2D eigenvalue weighted by Gasteiger charge is -2.34. The van der Waals surface area contributed by atoms with E-state index in [1.54, 1.807) is 7.11 Å². The first-order chi connectivity index (χ1) is 14.5. The number of piperidine rings is 1. The molecule has 1 aromatic rings. The van der Waals surface area contributed by atoms with Crippen LogP contribution in [0.5, 0.6) is 5.75 Å². The largest absolute Gasteiger partial charge is 0.497 e. The maximum absolute atomic E-state index is 12.8. The summed E-state index contributed by atoms with van der Waals surface area (Å²) >= 11 is 0. The first kappa shape index (κ1) is 22.6. The zero-order valence-electron chi connectivity index (χ0n) is 18.6. The van der Waals surface area contributed by atoms with Crippen LogP contribution in [0.1, 0.15) is 56.9 Å². The molecule has 0 aromatic heterocycles. The van der Waals surface area contributed by atoms with Crippen molar-refractivity contribution in [2.45, 2.75) is 58.3 Å². The maximum atomic E-state index is 12.8. The zero-order valence-corrected chi connectivity index (χ0v) is 18.6. The van der Waals surface area contributed by atoms with Gasteiger partial charge in [0, 0.05) is 25.2 Å². The Bertz CT molecular complexity index is 714. The van der Waals surface area contributed by atoms with Gasteiger partial charge < -0.3 is 15.0 Å². The Morgan fingerprint density at radius 3 is 2.57 bits per heavy atom. The second-order valence-corrected chi connectivity index (χ2v) is 8.81. The highest BCUT2D eigenvalue weighted by molar-refractivity contribution is 5.91. The van der Waals surface area contributed by atoms with E-state index < -0.39 is 0 Å². The smallest absolute Gasteiger partial charge is 0.236 e. The molecule has 2 heterocycles. The van der Waals surface area contributed by atoms with E-state index in [9.17, 15) is 9.59 Å². The van der Waals surface area contributed by atoms with Gasteiger partial charge in [0.05, 0.1) is 13.7 Å². The molecule has 1 N–H and O–H groups in total. The number of rotatable bonds is 7. The van der Waals surface area contributed by atoms with Crippen LogP contribution >= 0.6 is 0 Å². The van der Waals surface area contributed by atoms with Crippen molar-refractivity contribution in [3.05, 3.63) is 23.8 Å². The SMILES string of the molecule is COc1ccc(NC(=O)CC[C@@H]2CCCN(C(=O)CN3CCCCCC3)C2)c(C)c1. The molecule has 1 aromatic carbocycles. The number of methoxy groups -OCH3 is 1. The van der Waals surface area contributed by atoms with Crippen LogP contribution in [0.25, 0.3) is 0 Å². The van der Waals surface area contributed by atoms with Gasteiger partial charge in [-0.3, -0.25) is 14.5 Å². The average Bonchev–Trinajstić information content (AvgIpc) is 3.02. The van der Waals surface area contributed by atoms with Crippen LogP contribution in [0.4, 0.5) is 5.69 Å². The number of ether oxygens (including phenoxy) is 1. The number of nitrogens with zero attached hydrogens (tertiary/aromatic N) is 2. The minimum Gasteiger partial charge on any atom is -0.497 e. The number of aryl methyl sites for hydroxylation is 1. The van der Waals surface area contributed by atoms with Gasteiger partial charge in [0.1, 0.15) is 5.75 Å². The summed E-state index contributed by atoms with van der Waals surface area (Å²) in [5.74, 6) is 1.50. The number of amides is 2. The number of nitrogens with one attached hydrogen (secondary N) is 1. The molecule has 0 aliphatic carbocycles. The molecule has 0 spiro atoms. The Morgan fingerprint density at radius 1 is 1.10 bits per heavy atom. The van der Waals surface area contributed by atoms with Gasteiger partial charge >= 0.3 is 0 Å². The molecule has 2 fully saturated rings. The number of likely N-dealkylation sites (tertiary alicyclic amines) is 2. The molecular formula is C24H37N3O3. The van der Waals surface area contributed by atoms with Crippen LogP contribution < -0.4 is 10.1 Å². The van der Waals surface area contributed by atoms with Crippen molar-refractivity contribution in [1.29, 1.82) is 0 Å². The minimum atomic E-state index is 0.0382. The van der Waals surface area contributed by atoms with Crippen molar-refractivity contribution in [1.82, 2.24) is 9.80 Å². The Balaban J connectivity index is 1.43. The van der Waals surface area contributed by atoms with Crippen molar-refractivity contribution in [2.24, 2.45) is 5.92 Å². The maximum Gasteiger partial charge on any atom is 0.236 e. The van der Waals surface area contributed by atoms with Gasteiger partial charge in [-0.2, -0.15) is 0 Å². The molecule has 2 amide bonds. The van der Waals surface area contributed by atoms with Crippen LogP contribution in [-0.2, 0) is 9.59 Å². The van der Waals surface area contributed by atoms with E-state index in [4.69, 9.17) is 4.74 Å². The molecule has 0 unspecified atom stereocenters. The fourth-order valence-corrected chi connectivity index (χ4v) is 4.56. The predicted octanol–water partition coefficient (Wildman–Crippen LogP) is 3.84. The Labute approximate surface area is 180 Å². The van der Waals surface area contributed by atoms with Gasteiger partial charge in [0.2, 0.25) is 11.8 Å². The number of hydrogen-bond acceptors (Lipinski definition) is 4. The molecule has 2 aliphatic heterocycles. The number of benzene rings is 1. The Morgan fingerprint density at radius 2 is 1.87 bits per heavy atom. The zero-order chi connectivity index (χ0) is 21.3. The van der Waals surface area contributed by atoms with E-state index in [0.29, 0.717) is 18.9 Å². The van der Waals surface area contributed by atoms with E-state index in [1.165, 1.54) is 25.7 Å². The van der Waals surface area contributed by atoms with E-state index in [0.717, 1.165) is 62.4 Å². The van der Waals surface area contributed by atoms with Crippen LogP contribution in [0.15, 0.2) is 18.2 Å². The van der Waals surface area contributed by atoms with E-state index in [1.807, 2.05) is 30.0 Å². The number of hydrogen-bond donors (Lipinski definition) is 1. The van der Waals surface area contributed by atoms with Crippen molar-refractivity contribution in [3.8, 4) is 5.75 Å². The molecule has 2 aliphatic rings. The lowest BCUT2D eigenvalue weighted by molar-refractivity contribution is -0.134. The molecule has 2 saturated heterocycles. The quantitative estimate of drug-likeness (QED) is 0.735. The first-order valence-electron chi connectivity index (χ1n) is 11.5. The monoisotopic (exact) mass is 415 g/mol. The number of anilines is 1. The molecular weight excluding hydrogens is 378 g/mol.